The molecule has 0 atom stereocenters. The molecule has 0 aliphatic heterocycles. The van der Waals surface area contributed by atoms with E-state index in [-0.39, 0.29) is 5.57 Å². The molecule has 0 radical (unpaired) electrons. The molecule has 1 N–H and O–H groups in total. The van der Waals surface area contributed by atoms with Crippen LogP contribution in [0.3, 0.4) is 0 Å². The van der Waals surface area contributed by atoms with E-state index in [0.29, 0.717) is 32.8 Å². The summed E-state index contributed by atoms with van der Waals surface area (Å²) < 4.78 is 10.5. The van der Waals surface area contributed by atoms with Crippen LogP contribution < -0.4 is 14.8 Å². The highest BCUT2D eigenvalue weighted by Crippen LogP contribution is 2.32. The molecule has 2 rings (SSSR count). The first-order chi connectivity index (χ1) is 12.0. The number of para-hydroxylation sites is 1. The first-order valence-electron chi connectivity index (χ1n) is 7.09. The maximum atomic E-state index is 12.4. The largest absolute Gasteiger partial charge is 0.493 e. The molecule has 128 valence electrons. The zero-order valence-electron chi connectivity index (χ0n) is 13.5. The minimum atomic E-state index is -0.614. The fraction of sp³-hybridized carbons (Fsp3) is 0.111. The molecule has 0 fully saturated rings. The van der Waals surface area contributed by atoms with Crippen LogP contribution in [-0.4, -0.2) is 20.1 Å². The van der Waals surface area contributed by atoms with E-state index in [1.54, 1.807) is 30.3 Å². The maximum Gasteiger partial charge on any atom is 0.266 e. The molecule has 0 aliphatic rings. The summed E-state index contributed by atoms with van der Waals surface area (Å²) in [4.78, 5) is 12.4. The van der Waals surface area contributed by atoms with Gasteiger partial charge < -0.3 is 14.8 Å². The first kappa shape index (κ1) is 18.7. The highest BCUT2D eigenvalue weighted by Gasteiger charge is 2.14. The van der Waals surface area contributed by atoms with E-state index in [9.17, 15) is 10.1 Å². The Morgan fingerprint density at radius 2 is 1.96 bits per heavy atom. The summed E-state index contributed by atoms with van der Waals surface area (Å²) in [5, 5.41) is 12.6. The number of nitriles is 1. The molecule has 0 unspecified atom stereocenters. The second-order valence-corrected chi connectivity index (χ2v) is 5.67. The third-order valence-corrected chi connectivity index (χ3v) is 3.84. The number of methoxy groups -OCH3 is 2. The van der Waals surface area contributed by atoms with Crippen molar-refractivity contribution in [3.63, 3.8) is 0 Å². The minimum absolute atomic E-state index is 0.123. The molecule has 0 saturated heterocycles. The molecule has 1 amide bonds. The maximum absolute atomic E-state index is 12.4. The van der Waals surface area contributed by atoms with E-state index in [4.69, 9.17) is 32.7 Å². The Morgan fingerprint density at radius 3 is 2.60 bits per heavy atom. The van der Waals surface area contributed by atoms with Gasteiger partial charge in [-0.1, -0.05) is 35.3 Å². The SMILES string of the molecule is COc1cccc(C=C(C#N)C(=O)Nc2cc(Cl)ccc2Cl)c1OC. The van der Waals surface area contributed by atoms with Crippen molar-refractivity contribution in [2.45, 2.75) is 0 Å². The number of carbonyl (C=O) groups excluding carboxylic acids is 1. The van der Waals surface area contributed by atoms with Crippen molar-refractivity contribution >= 4 is 40.9 Å². The van der Waals surface area contributed by atoms with Gasteiger partial charge in [0.2, 0.25) is 0 Å². The Bertz CT molecular complexity index is 873. The monoisotopic (exact) mass is 376 g/mol. The fourth-order valence-corrected chi connectivity index (χ4v) is 2.45. The van der Waals surface area contributed by atoms with Gasteiger partial charge in [0.15, 0.2) is 11.5 Å². The van der Waals surface area contributed by atoms with Crippen molar-refractivity contribution in [3.05, 3.63) is 57.6 Å². The van der Waals surface area contributed by atoms with Gasteiger partial charge in [-0.15, -0.1) is 0 Å². The number of anilines is 1. The van der Waals surface area contributed by atoms with Gasteiger partial charge in [-0.25, -0.2) is 0 Å². The lowest BCUT2D eigenvalue weighted by molar-refractivity contribution is -0.112. The molecule has 0 heterocycles. The van der Waals surface area contributed by atoms with E-state index < -0.39 is 5.91 Å². The molecule has 0 spiro atoms. The van der Waals surface area contributed by atoms with Crippen LogP contribution in [0.25, 0.3) is 6.08 Å². The van der Waals surface area contributed by atoms with Gasteiger partial charge in [-0.05, 0) is 30.3 Å². The molecule has 0 aromatic heterocycles. The van der Waals surface area contributed by atoms with E-state index in [0.717, 1.165) is 0 Å². The number of carbonyl (C=O) groups is 1. The predicted molar refractivity (Wildman–Crippen MR) is 98.2 cm³/mol. The molecule has 5 nitrogen and oxygen atoms in total. The van der Waals surface area contributed by atoms with Crippen LogP contribution in [0.5, 0.6) is 11.5 Å². The number of amides is 1. The minimum Gasteiger partial charge on any atom is -0.493 e. The number of benzene rings is 2. The highest BCUT2D eigenvalue weighted by molar-refractivity contribution is 6.36. The van der Waals surface area contributed by atoms with Gasteiger partial charge in [-0.2, -0.15) is 5.26 Å². The van der Waals surface area contributed by atoms with Gasteiger partial charge in [0, 0.05) is 10.6 Å². The Balaban J connectivity index is 2.36. The summed E-state index contributed by atoms with van der Waals surface area (Å²) in [6, 6.07) is 11.7. The van der Waals surface area contributed by atoms with E-state index in [1.807, 2.05) is 6.07 Å². The molecule has 0 aliphatic carbocycles. The molecular formula is C18H14Cl2N2O3. The molecule has 2 aromatic carbocycles. The van der Waals surface area contributed by atoms with Crippen LogP contribution in [0.4, 0.5) is 5.69 Å². The Morgan fingerprint density at radius 1 is 1.20 bits per heavy atom. The average Bonchev–Trinajstić information content (AvgIpc) is 2.62. The Labute approximate surface area is 155 Å². The van der Waals surface area contributed by atoms with Gasteiger partial charge in [0.25, 0.3) is 5.91 Å². The van der Waals surface area contributed by atoms with Crippen molar-refractivity contribution in [2.75, 3.05) is 19.5 Å². The van der Waals surface area contributed by atoms with Crippen LogP contribution in [0, 0.1) is 11.3 Å². The summed E-state index contributed by atoms with van der Waals surface area (Å²) in [6.07, 6.45) is 1.41. The van der Waals surface area contributed by atoms with E-state index in [2.05, 4.69) is 5.32 Å². The van der Waals surface area contributed by atoms with E-state index >= 15 is 0 Å². The number of hydrogen-bond donors (Lipinski definition) is 1. The van der Waals surface area contributed by atoms with Crippen LogP contribution in [0.2, 0.25) is 10.0 Å². The third kappa shape index (κ3) is 4.44. The number of hydrogen-bond acceptors (Lipinski definition) is 4. The number of nitrogens with one attached hydrogen (secondary N) is 1. The number of nitrogens with zero attached hydrogens (tertiary/aromatic N) is 1. The van der Waals surface area contributed by atoms with Gasteiger partial charge in [0.1, 0.15) is 11.6 Å². The van der Waals surface area contributed by atoms with Gasteiger partial charge in [-0.3, -0.25) is 4.79 Å². The fourth-order valence-electron chi connectivity index (χ4n) is 2.11. The van der Waals surface area contributed by atoms with Gasteiger partial charge >= 0.3 is 0 Å². The second kappa shape index (κ2) is 8.43. The molecular weight excluding hydrogens is 363 g/mol. The van der Waals surface area contributed by atoms with Crippen molar-refractivity contribution in [1.29, 1.82) is 5.26 Å². The lowest BCUT2D eigenvalue weighted by atomic mass is 10.1. The Kier molecular flexibility index (Phi) is 6.29. The quantitative estimate of drug-likeness (QED) is 0.613. The molecule has 2 aromatic rings. The zero-order chi connectivity index (χ0) is 18.4. The van der Waals surface area contributed by atoms with E-state index in [1.165, 1.54) is 26.4 Å². The summed E-state index contributed by atoms with van der Waals surface area (Å²) in [7, 11) is 2.98. The third-order valence-electron chi connectivity index (χ3n) is 3.27. The molecule has 0 bridgehead atoms. The number of ether oxygens (including phenoxy) is 2. The van der Waals surface area contributed by atoms with Crippen molar-refractivity contribution in [3.8, 4) is 17.6 Å². The lowest BCUT2D eigenvalue weighted by Gasteiger charge is -2.11. The van der Waals surface area contributed by atoms with Crippen LogP contribution in [-0.2, 0) is 4.79 Å². The zero-order valence-corrected chi connectivity index (χ0v) is 15.0. The topological polar surface area (TPSA) is 71.3 Å². The summed E-state index contributed by atoms with van der Waals surface area (Å²) >= 11 is 11.9. The smallest absolute Gasteiger partial charge is 0.266 e. The Hall–Kier alpha value is -2.68. The summed E-state index contributed by atoms with van der Waals surface area (Å²) in [5.74, 6) is 0.301. The molecule has 0 saturated carbocycles. The van der Waals surface area contributed by atoms with Crippen molar-refractivity contribution < 1.29 is 14.3 Å². The first-order valence-corrected chi connectivity index (χ1v) is 7.85. The van der Waals surface area contributed by atoms with Crippen LogP contribution >= 0.6 is 23.2 Å². The summed E-state index contributed by atoms with van der Waals surface area (Å²) in [6.45, 7) is 0. The number of halogens is 2. The van der Waals surface area contributed by atoms with Crippen LogP contribution in [0.1, 0.15) is 5.56 Å². The second-order valence-electron chi connectivity index (χ2n) is 4.83. The highest BCUT2D eigenvalue weighted by atomic mass is 35.5. The normalized spacial score (nSPS) is 10.8. The standard InChI is InChI=1S/C18H14Cl2N2O3/c1-24-16-5-3-4-11(17(16)25-2)8-12(10-21)18(23)22-15-9-13(19)6-7-14(15)20/h3-9H,1-2H3,(H,22,23). The number of rotatable bonds is 5. The lowest BCUT2D eigenvalue weighted by Crippen LogP contribution is -2.13. The summed E-state index contributed by atoms with van der Waals surface area (Å²) in [5.41, 5.74) is 0.728. The van der Waals surface area contributed by atoms with Crippen LogP contribution in [0.15, 0.2) is 42.0 Å². The molecule has 25 heavy (non-hydrogen) atoms. The predicted octanol–water partition coefficient (Wildman–Crippen LogP) is 4.56. The molecule has 7 heteroatoms. The van der Waals surface area contributed by atoms with Crippen molar-refractivity contribution in [2.24, 2.45) is 0 Å². The van der Waals surface area contributed by atoms with Gasteiger partial charge in [0.05, 0.1) is 24.9 Å². The van der Waals surface area contributed by atoms with Crippen molar-refractivity contribution in [1.82, 2.24) is 0 Å². The average molecular weight is 377 g/mol.